The molecule has 4 nitrogen and oxygen atoms in total. The van der Waals surface area contributed by atoms with Crippen molar-refractivity contribution in [3.05, 3.63) is 28.8 Å². The molecular formula is C13H19ClN2O2. The second-order valence-electron chi connectivity index (χ2n) is 4.52. The summed E-state index contributed by atoms with van der Waals surface area (Å²) in [6, 6.07) is 5.81. The molecule has 1 aliphatic rings. The summed E-state index contributed by atoms with van der Waals surface area (Å²) in [6.07, 6.45) is 2.19. The number of nitrogens with one attached hydrogen (secondary N) is 1. The van der Waals surface area contributed by atoms with E-state index in [4.69, 9.17) is 26.9 Å². The third-order valence-corrected chi connectivity index (χ3v) is 3.69. The van der Waals surface area contributed by atoms with E-state index in [0.717, 1.165) is 31.6 Å². The summed E-state index contributed by atoms with van der Waals surface area (Å²) in [5, 5.41) is 0.608. The lowest BCUT2D eigenvalue weighted by Gasteiger charge is -2.30. The van der Waals surface area contributed by atoms with Crippen molar-refractivity contribution in [2.24, 2.45) is 11.8 Å². The molecule has 0 saturated carbocycles. The van der Waals surface area contributed by atoms with E-state index in [0.29, 0.717) is 16.7 Å². The quantitative estimate of drug-likeness (QED) is 0.651. The lowest BCUT2D eigenvalue weighted by Crippen LogP contribution is -2.37. The molecule has 1 saturated heterocycles. The molecule has 2 atom stereocenters. The van der Waals surface area contributed by atoms with Gasteiger partial charge in [0.05, 0.1) is 24.8 Å². The monoisotopic (exact) mass is 270 g/mol. The number of hydrogen-bond acceptors (Lipinski definition) is 4. The highest BCUT2D eigenvalue weighted by atomic mass is 35.5. The van der Waals surface area contributed by atoms with Crippen molar-refractivity contribution in [1.29, 1.82) is 0 Å². The van der Waals surface area contributed by atoms with Crippen LogP contribution in [0.1, 0.15) is 24.4 Å². The third kappa shape index (κ3) is 2.95. The lowest BCUT2D eigenvalue weighted by atomic mass is 9.89. The fraction of sp³-hybridized carbons (Fsp3) is 0.538. The molecule has 0 spiro atoms. The van der Waals surface area contributed by atoms with Crippen molar-refractivity contribution < 1.29 is 9.47 Å². The summed E-state index contributed by atoms with van der Waals surface area (Å²) < 4.78 is 10.7. The fourth-order valence-electron chi connectivity index (χ4n) is 2.40. The minimum absolute atomic E-state index is 0.0662. The van der Waals surface area contributed by atoms with Crippen molar-refractivity contribution in [2.75, 3.05) is 20.3 Å². The molecule has 0 bridgehead atoms. The van der Waals surface area contributed by atoms with Gasteiger partial charge in [0.25, 0.3) is 0 Å². The van der Waals surface area contributed by atoms with E-state index < -0.39 is 0 Å². The zero-order valence-electron chi connectivity index (χ0n) is 10.5. The molecule has 1 aromatic rings. The van der Waals surface area contributed by atoms with Crippen LogP contribution in [-0.2, 0) is 4.74 Å². The Bertz CT molecular complexity index is 395. The maximum atomic E-state index is 6.03. The highest BCUT2D eigenvalue weighted by Gasteiger charge is 2.25. The Hall–Kier alpha value is -0.810. The van der Waals surface area contributed by atoms with Gasteiger partial charge in [-0.3, -0.25) is 11.3 Å². The van der Waals surface area contributed by atoms with Gasteiger partial charge in [0, 0.05) is 12.5 Å². The number of ether oxygens (including phenoxy) is 2. The fourth-order valence-corrected chi connectivity index (χ4v) is 2.60. The second kappa shape index (κ2) is 6.38. The maximum Gasteiger partial charge on any atom is 0.137 e. The molecule has 1 heterocycles. The predicted octanol–water partition coefficient (Wildman–Crippen LogP) is 2.28. The highest BCUT2D eigenvalue weighted by Crippen LogP contribution is 2.33. The summed E-state index contributed by atoms with van der Waals surface area (Å²) >= 11 is 6.03. The molecule has 100 valence electrons. The van der Waals surface area contributed by atoms with Crippen LogP contribution in [0.2, 0.25) is 5.02 Å². The van der Waals surface area contributed by atoms with E-state index >= 15 is 0 Å². The molecule has 18 heavy (non-hydrogen) atoms. The minimum Gasteiger partial charge on any atom is -0.495 e. The molecule has 2 rings (SSSR count). The molecule has 3 N–H and O–H groups in total. The number of methoxy groups -OCH3 is 1. The van der Waals surface area contributed by atoms with Crippen LogP contribution in [0, 0.1) is 5.92 Å². The largest absolute Gasteiger partial charge is 0.495 e. The number of rotatable bonds is 4. The van der Waals surface area contributed by atoms with Crippen LogP contribution in [0.25, 0.3) is 0 Å². The summed E-state index contributed by atoms with van der Waals surface area (Å²) in [6.45, 7) is 1.58. The van der Waals surface area contributed by atoms with Crippen molar-refractivity contribution in [3.63, 3.8) is 0 Å². The van der Waals surface area contributed by atoms with Crippen LogP contribution in [0.5, 0.6) is 5.75 Å². The van der Waals surface area contributed by atoms with Crippen LogP contribution in [0.3, 0.4) is 0 Å². The predicted molar refractivity (Wildman–Crippen MR) is 71.6 cm³/mol. The summed E-state index contributed by atoms with van der Waals surface area (Å²) in [7, 11) is 1.61. The topological polar surface area (TPSA) is 56.5 Å². The first-order chi connectivity index (χ1) is 8.76. The molecule has 0 radical (unpaired) electrons. The number of hydrogen-bond donors (Lipinski definition) is 2. The van der Waals surface area contributed by atoms with E-state index in [9.17, 15) is 0 Å². The van der Waals surface area contributed by atoms with Gasteiger partial charge >= 0.3 is 0 Å². The average molecular weight is 271 g/mol. The van der Waals surface area contributed by atoms with Gasteiger partial charge < -0.3 is 9.47 Å². The molecule has 1 aliphatic heterocycles. The van der Waals surface area contributed by atoms with Crippen molar-refractivity contribution in [3.8, 4) is 5.75 Å². The van der Waals surface area contributed by atoms with E-state index in [2.05, 4.69) is 5.43 Å². The van der Waals surface area contributed by atoms with Crippen LogP contribution < -0.4 is 16.0 Å². The normalized spacial score (nSPS) is 21.6. The Morgan fingerprint density at radius 1 is 1.56 bits per heavy atom. The van der Waals surface area contributed by atoms with Crippen molar-refractivity contribution in [1.82, 2.24) is 5.43 Å². The number of nitrogens with two attached hydrogens (primary N) is 1. The van der Waals surface area contributed by atoms with Gasteiger partial charge in [-0.25, -0.2) is 0 Å². The zero-order valence-corrected chi connectivity index (χ0v) is 11.2. The first-order valence-corrected chi connectivity index (χ1v) is 6.51. The summed E-state index contributed by atoms with van der Waals surface area (Å²) in [4.78, 5) is 0. The first kappa shape index (κ1) is 13.6. The Balaban J connectivity index is 2.20. The standard InChI is InChI=1S/C13H19ClN2O2/c1-17-12-7-9(4-5-11(12)14)13(16-15)10-3-2-6-18-8-10/h4-5,7,10,13,16H,2-3,6,8,15H2,1H3. The maximum absolute atomic E-state index is 6.03. The number of benzene rings is 1. The third-order valence-electron chi connectivity index (χ3n) is 3.38. The van der Waals surface area contributed by atoms with Crippen LogP contribution >= 0.6 is 11.6 Å². The Kier molecular flexibility index (Phi) is 4.83. The smallest absolute Gasteiger partial charge is 0.137 e. The Labute approximate surface area is 112 Å². The molecule has 5 heteroatoms. The van der Waals surface area contributed by atoms with Gasteiger partial charge in [-0.2, -0.15) is 0 Å². The summed E-state index contributed by atoms with van der Waals surface area (Å²) in [5.74, 6) is 6.74. The SMILES string of the molecule is COc1cc(C(NN)C2CCCOC2)ccc1Cl. The highest BCUT2D eigenvalue weighted by molar-refractivity contribution is 6.32. The lowest BCUT2D eigenvalue weighted by molar-refractivity contribution is 0.0390. The average Bonchev–Trinajstić information content (AvgIpc) is 2.42. The van der Waals surface area contributed by atoms with Crippen molar-refractivity contribution in [2.45, 2.75) is 18.9 Å². The molecule has 0 aromatic heterocycles. The number of halogens is 1. The van der Waals surface area contributed by atoms with Gasteiger partial charge in [-0.1, -0.05) is 17.7 Å². The van der Waals surface area contributed by atoms with E-state index in [-0.39, 0.29) is 6.04 Å². The molecule has 2 unspecified atom stereocenters. The molecule has 0 amide bonds. The minimum atomic E-state index is 0.0662. The van der Waals surface area contributed by atoms with E-state index in [1.807, 2.05) is 18.2 Å². The van der Waals surface area contributed by atoms with Gasteiger partial charge in [0.2, 0.25) is 0 Å². The van der Waals surface area contributed by atoms with E-state index in [1.165, 1.54) is 0 Å². The van der Waals surface area contributed by atoms with Gasteiger partial charge in [-0.05, 0) is 30.5 Å². The first-order valence-electron chi connectivity index (χ1n) is 6.13. The molecule has 1 aromatic carbocycles. The van der Waals surface area contributed by atoms with E-state index in [1.54, 1.807) is 7.11 Å². The molecule has 0 aliphatic carbocycles. The molecular weight excluding hydrogens is 252 g/mol. The van der Waals surface area contributed by atoms with Crippen molar-refractivity contribution >= 4 is 11.6 Å². The summed E-state index contributed by atoms with van der Waals surface area (Å²) in [5.41, 5.74) is 3.96. The van der Waals surface area contributed by atoms with Gasteiger partial charge in [-0.15, -0.1) is 0 Å². The van der Waals surface area contributed by atoms with Crippen LogP contribution in [-0.4, -0.2) is 20.3 Å². The van der Waals surface area contributed by atoms with Gasteiger partial charge in [0.15, 0.2) is 0 Å². The second-order valence-corrected chi connectivity index (χ2v) is 4.92. The Morgan fingerprint density at radius 2 is 2.39 bits per heavy atom. The number of hydrazine groups is 1. The molecule has 1 fully saturated rings. The van der Waals surface area contributed by atoms with Gasteiger partial charge in [0.1, 0.15) is 5.75 Å². The van der Waals surface area contributed by atoms with Crippen LogP contribution in [0.15, 0.2) is 18.2 Å². The Morgan fingerprint density at radius 3 is 3.00 bits per heavy atom. The van der Waals surface area contributed by atoms with Crippen LogP contribution in [0.4, 0.5) is 0 Å². The zero-order chi connectivity index (χ0) is 13.0.